The molecule has 4 rings (SSSR count). The summed E-state index contributed by atoms with van der Waals surface area (Å²) in [6.07, 6.45) is 8.01. The Balaban J connectivity index is 1.43. The molecule has 1 aromatic carbocycles. The Bertz CT molecular complexity index is 976. The summed E-state index contributed by atoms with van der Waals surface area (Å²) in [5, 5.41) is 7.23. The minimum atomic E-state index is -0.578. The maximum Gasteiger partial charge on any atom is 0.164 e. The van der Waals surface area contributed by atoms with Gasteiger partial charge in [0, 0.05) is 17.7 Å². The molecule has 1 saturated heterocycles. The average molecular weight is 428 g/mol. The maximum absolute atomic E-state index is 14.5. The van der Waals surface area contributed by atoms with Crippen LogP contribution in [0.3, 0.4) is 0 Å². The van der Waals surface area contributed by atoms with E-state index in [9.17, 15) is 9.18 Å². The predicted octanol–water partition coefficient (Wildman–Crippen LogP) is 3.54. The fraction of sp³-hybridized carbons (Fsp3) is 0.409. The molecule has 0 N–H and O–H groups in total. The van der Waals surface area contributed by atoms with Crippen LogP contribution in [-0.4, -0.2) is 48.1 Å². The summed E-state index contributed by atoms with van der Waals surface area (Å²) in [5.41, 5.74) is 1.80. The third-order valence-electron chi connectivity index (χ3n) is 5.40. The molecule has 0 spiro atoms. The molecule has 156 valence electrons. The van der Waals surface area contributed by atoms with Crippen LogP contribution < -0.4 is 4.74 Å². The number of oxime groups is 1. The summed E-state index contributed by atoms with van der Waals surface area (Å²) in [6, 6.07) is 4.63. The lowest BCUT2D eigenvalue weighted by atomic mass is 9.97. The number of benzene rings is 1. The predicted molar refractivity (Wildman–Crippen MR) is 112 cm³/mol. The van der Waals surface area contributed by atoms with Crippen LogP contribution in [-0.2, 0) is 9.63 Å². The first-order chi connectivity index (χ1) is 14.7. The van der Waals surface area contributed by atoms with Crippen LogP contribution >= 0.6 is 11.3 Å². The number of likely N-dealkylation sites (tertiary alicyclic amines) is 1. The zero-order chi connectivity index (χ0) is 20.9. The van der Waals surface area contributed by atoms with E-state index in [4.69, 9.17) is 21.0 Å². The van der Waals surface area contributed by atoms with E-state index >= 15 is 0 Å². The van der Waals surface area contributed by atoms with Crippen LogP contribution in [0, 0.1) is 18.2 Å². The van der Waals surface area contributed by atoms with Crippen LogP contribution in [0.2, 0.25) is 0 Å². The molecule has 0 aliphatic carbocycles. The molecule has 30 heavy (non-hydrogen) atoms. The Morgan fingerprint density at radius 3 is 3.00 bits per heavy atom. The average Bonchev–Trinajstić information content (AvgIpc) is 3.43. The molecule has 2 aliphatic heterocycles. The first-order valence-corrected chi connectivity index (χ1v) is 10.8. The molecule has 1 fully saturated rings. The van der Waals surface area contributed by atoms with Crippen molar-refractivity contribution < 1.29 is 18.8 Å². The van der Waals surface area contributed by atoms with Gasteiger partial charge in [0.15, 0.2) is 6.10 Å². The van der Waals surface area contributed by atoms with Crippen LogP contribution in [0.5, 0.6) is 5.75 Å². The standard InChI is InChI=1S/C22H22FN3O3S/c1-2-12-28-19-5-3-4-16(23)21(19)20-13-17(25-29-20)18-14-30-22(24-18)15-6-8-26(9-7-15)10-11-27/h1,3-5,11,14-15,20H,6-10,12-13H2. The zero-order valence-corrected chi connectivity index (χ0v) is 17.2. The minimum Gasteiger partial charge on any atom is -0.480 e. The smallest absolute Gasteiger partial charge is 0.164 e. The third kappa shape index (κ3) is 4.37. The SMILES string of the molecule is C#CCOc1cccc(F)c1C1CC(c2csc(C3CCN(CC=O)CC3)n2)=NO1. The van der Waals surface area contributed by atoms with Gasteiger partial charge in [0.1, 0.15) is 30.2 Å². The highest BCUT2D eigenvalue weighted by atomic mass is 32.1. The lowest BCUT2D eigenvalue weighted by Gasteiger charge is -2.29. The molecule has 0 bridgehead atoms. The van der Waals surface area contributed by atoms with Crippen molar-refractivity contribution in [2.75, 3.05) is 26.2 Å². The van der Waals surface area contributed by atoms with E-state index in [1.54, 1.807) is 23.5 Å². The first kappa shape index (κ1) is 20.5. The number of piperidine rings is 1. The normalized spacial score (nSPS) is 19.7. The van der Waals surface area contributed by atoms with E-state index < -0.39 is 11.9 Å². The number of carbonyl (C=O) groups is 1. The minimum absolute atomic E-state index is 0.0536. The molecule has 8 heteroatoms. The number of nitrogens with zero attached hydrogens (tertiary/aromatic N) is 3. The van der Waals surface area contributed by atoms with Gasteiger partial charge < -0.3 is 14.4 Å². The highest BCUT2D eigenvalue weighted by Gasteiger charge is 2.31. The Morgan fingerprint density at radius 1 is 1.40 bits per heavy atom. The van der Waals surface area contributed by atoms with E-state index in [1.165, 1.54) is 6.07 Å². The molecular weight excluding hydrogens is 405 g/mol. The van der Waals surface area contributed by atoms with E-state index in [1.807, 2.05) is 5.38 Å². The monoisotopic (exact) mass is 427 g/mol. The number of rotatable bonds is 7. The maximum atomic E-state index is 14.5. The van der Waals surface area contributed by atoms with Crippen molar-refractivity contribution >= 4 is 23.3 Å². The number of terminal acetylenes is 1. The molecule has 2 aliphatic rings. The molecule has 1 atom stereocenters. The van der Waals surface area contributed by atoms with Gasteiger partial charge in [-0.25, -0.2) is 9.37 Å². The number of aromatic nitrogens is 1. The number of halogens is 1. The van der Waals surface area contributed by atoms with Crippen molar-refractivity contribution in [3.8, 4) is 18.1 Å². The van der Waals surface area contributed by atoms with Crippen LogP contribution in [0.4, 0.5) is 4.39 Å². The number of aldehydes is 1. The molecule has 3 heterocycles. The van der Waals surface area contributed by atoms with Crippen LogP contribution in [0.1, 0.15) is 47.5 Å². The van der Waals surface area contributed by atoms with Gasteiger partial charge in [0.05, 0.1) is 22.8 Å². The van der Waals surface area contributed by atoms with E-state index in [2.05, 4.69) is 16.0 Å². The van der Waals surface area contributed by atoms with Gasteiger partial charge in [-0.1, -0.05) is 17.1 Å². The van der Waals surface area contributed by atoms with Crippen molar-refractivity contribution in [1.82, 2.24) is 9.88 Å². The van der Waals surface area contributed by atoms with Gasteiger partial charge in [0.25, 0.3) is 0 Å². The summed E-state index contributed by atoms with van der Waals surface area (Å²) in [4.78, 5) is 23.2. The quantitative estimate of drug-likeness (QED) is 0.500. The van der Waals surface area contributed by atoms with E-state index in [0.717, 1.165) is 42.9 Å². The Morgan fingerprint density at radius 2 is 2.23 bits per heavy atom. The summed E-state index contributed by atoms with van der Waals surface area (Å²) in [6.45, 7) is 2.35. The summed E-state index contributed by atoms with van der Waals surface area (Å²) in [5.74, 6) is 2.74. The van der Waals surface area contributed by atoms with Crippen molar-refractivity contribution in [2.45, 2.75) is 31.3 Å². The summed E-state index contributed by atoms with van der Waals surface area (Å²) in [7, 11) is 0. The van der Waals surface area contributed by atoms with Crippen LogP contribution in [0.15, 0.2) is 28.7 Å². The van der Waals surface area contributed by atoms with E-state index in [0.29, 0.717) is 35.9 Å². The van der Waals surface area contributed by atoms with E-state index in [-0.39, 0.29) is 6.61 Å². The molecule has 1 unspecified atom stereocenters. The van der Waals surface area contributed by atoms with Gasteiger partial charge in [-0.05, 0) is 38.1 Å². The molecule has 0 saturated carbocycles. The molecule has 0 amide bonds. The molecule has 6 nitrogen and oxygen atoms in total. The lowest BCUT2D eigenvalue weighted by molar-refractivity contribution is -0.109. The van der Waals surface area contributed by atoms with Gasteiger partial charge in [-0.2, -0.15) is 0 Å². The van der Waals surface area contributed by atoms with Crippen LogP contribution in [0.25, 0.3) is 0 Å². The number of carbonyl (C=O) groups excluding carboxylic acids is 1. The number of hydrogen-bond donors (Lipinski definition) is 0. The second-order valence-corrected chi connectivity index (χ2v) is 8.18. The molecular formula is C22H22FN3O3S. The fourth-order valence-corrected chi connectivity index (χ4v) is 4.83. The second-order valence-electron chi connectivity index (χ2n) is 7.29. The van der Waals surface area contributed by atoms with Crippen molar-refractivity contribution in [2.24, 2.45) is 5.16 Å². The van der Waals surface area contributed by atoms with Crippen molar-refractivity contribution in [3.63, 3.8) is 0 Å². The highest BCUT2D eigenvalue weighted by molar-refractivity contribution is 7.10. The molecule has 0 radical (unpaired) electrons. The molecule has 1 aromatic heterocycles. The van der Waals surface area contributed by atoms with Crippen molar-refractivity contribution in [3.05, 3.63) is 45.7 Å². The Hall–Kier alpha value is -2.76. The zero-order valence-electron chi connectivity index (χ0n) is 16.4. The Labute approximate surface area is 178 Å². The number of hydrogen-bond acceptors (Lipinski definition) is 7. The highest BCUT2D eigenvalue weighted by Crippen LogP contribution is 2.38. The number of thiazole rings is 1. The first-order valence-electron chi connectivity index (χ1n) is 9.88. The largest absolute Gasteiger partial charge is 0.480 e. The van der Waals surface area contributed by atoms with Gasteiger partial charge in [-0.15, -0.1) is 17.8 Å². The molecule has 2 aromatic rings. The third-order valence-corrected chi connectivity index (χ3v) is 6.41. The van der Waals surface area contributed by atoms with Gasteiger partial charge in [0.2, 0.25) is 0 Å². The van der Waals surface area contributed by atoms with Gasteiger partial charge >= 0.3 is 0 Å². The summed E-state index contributed by atoms with van der Waals surface area (Å²) < 4.78 is 20.0. The fourth-order valence-electron chi connectivity index (χ4n) is 3.83. The number of ether oxygens (including phenoxy) is 1. The summed E-state index contributed by atoms with van der Waals surface area (Å²) >= 11 is 1.62. The topological polar surface area (TPSA) is 64.0 Å². The lowest BCUT2D eigenvalue weighted by Crippen LogP contribution is -2.34. The van der Waals surface area contributed by atoms with Crippen molar-refractivity contribution in [1.29, 1.82) is 0 Å². The van der Waals surface area contributed by atoms with Gasteiger partial charge in [-0.3, -0.25) is 4.90 Å². The Kier molecular flexibility index (Phi) is 6.41. The second kappa shape index (κ2) is 9.37.